The van der Waals surface area contributed by atoms with Gasteiger partial charge in [0.1, 0.15) is 0 Å². The number of fused-ring (bicyclic) bond motifs is 1. The highest BCUT2D eigenvalue weighted by Gasteiger charge is 2.20. The molecule has 180 valence electrons. The number of piperidine rings is 1. The van der Waals surface area contributed by atoms with Crippen LogP contribution in [-0.4, -0.2) is 35.1 Å². The van der Waals surface area contributed by atoms with E-state index in [-0.39, 0.29) is 11.6 Å². The number of likely N-dealkylation sites (tertiary alicyclic amines) is 1. The van der Waals surface area contributed by atoms with Crippen molar-refractivity contribution in [2.45, 2.75) is 46.7 Å². The number of anilines is 1. The second-order valence-electron chi connectivity index (χ2n) is 9.98. The maximum atomic E-state index is 12.8. The first-order valence-corrected chi connectivity index (χ1v) is 12.3. The molecule has 0 atom stereocenters. The smallest absolute Gasteiger partial charge is 0.319 e. The third-order valence-electron chi connectivity index (χ3n) is 6.55. The van der Waals surface area contributed by atoms with Crippen molar-refractivity contribution in [2.75, 3.05) is 25.0 Å². The van der Waals surface area contributed by atoms with Gasteiger partial charge in [0.25, 0.3) is 5.56 Å². The highest BCUT2D eigenvalue weighted by atomic mass is 16.2. The van der Waals surface area contributed by atoms with Gasteiger partial charge in [-0.15, -0.1) is 0 Å². The van der Waals surface area contributed by atoms with Crippen LogP contribution < -0.4 is 16.2 Å². The molecule has 0 radical (unpaired) electrons. The highest BCUT2D eigenvalue weighted by molar-refractivity contribution is 6.00. The SMILES string of the molecule is Cc1cccc(CN2CCC(CNC(=O)Nc3cn(CC(C)C)c(=O)c4ccccc34)CC2)c1. The summed E-state index contributed by atoms with van der Waals surface area (Å²) in [6, 6.07) is 15.9. The molecular weight excluding hydrogens is 424 g/mol. The number of pyridine rings is 1. The van der Waals surface area contributed by atoms with Crippen LogP contribution in [0.3, 0.4) is 0 Å². The molecule has 1 fully saturated rings. The summed E-state index contributed by atoms with van der Waals surface area (Å²) in [4.78, 5) is 28.1. The minimum atomic E-state index is -0.220. The lowest BCUT2D eigenvalue weighted by molar-refractivity contribution is 0.175. The average molecular weight is 461 g/mol. The number of nitrogens with zero attached hydrogens (tertiary/aromatic N) is 2. The largest absolute Gasteiger partial charge is 0.338 e. The predicted octanol–water partition coefficient (Wildman–Crippen LogP) is 5.00. The molecule has 2 aromatic carbocycles. The van der Waals surface area contributed by atoms with Gasteiger partial charge in [0.2, 0.25) is 0 Å². The fourth-order valence-electron chi connectivity index (χ4n) is 4.79. The zero-order chi connectivity index (χ0) is 24.1. The van der Waals surface area contributed by atoms with Crippen LogP contribution in [0.5, 0.6) is 0 Å². The molecule has 2 N–H and O–H groups in total. The minimum Gasteiger partial charge on any atom is -0.338 e. The molecule has 3 aromatic rings. The first-order chi connectivity index (χ1) is 16.4. The Morgan fingerprint density at radius 2 is 1.79 bits per heavy atom. The van der Waals surface area contributed by atoms with Gasteiger partial charge in [0.15, 0.2) is 0 Å². The lowest BCUT2D eigenvalue weighted by Crippen LogP contribution is -2.39. The van der Waals surface area contributed by atoms with Gasteiger partial charge in [-0.1, -0.05) is 61.9 Å². The predicted molar refractivity (Wildman–Crippen MR) is 139 cm³/mol. The van der Waals surface area contributed by atoms with Gasteiger partial charge in [-0.3, -0.25) is 9.69 Å². The summed E-state index contributed by atoms with van der Waals surface area (Å²) in [6.07, 6.45) is 3.93. The van der Waals surface area contributed by atoms with Gasteiger partial charge >= 0.3 is 6.03 Å². The number of aromatic nitrogens is 1. The molecule has 6 nitrogen and oxygen atoms in total. The number of benzene rings is 2. The van der Waals surface area contributed by atoms with Gasteiger partial charge < -0.3 is 15.2 Å². The van der Waals surface area contributed by atoms with Crippen LogP contribution in [-0.2, 0) is 13.1 Å². The summed E-state index contributed by atoms with van der Waals surface area (Å²) in [5.74, 6) is 0.809. The van der Waals surface area contributed by atoms with Crippen LogP contribution in [0.15, 0.2) is 59.5 Å². The normalized spacial score (nSPS) is 15.1. The number of carbonyl (C=O) groups is 1. The number of hydrogen-bond donors (Lipinski definition) is 2. The lowest BCUT2D eigenvalue weighted by Gasteiger charge is -2.32. The number of carbonyl (C=O) groups excluding carboxylic acids is 1. The topological polar surface area (TPSA) is 66.4 Å². The van der Waals surface area contributed by atoms with E-state index in [1.165, 1.54) is 11.1 Å². The summed E-state index contributed by atoms with van der Waals surface area (Å²) in [7, 11) is 0. The molecule has 1 saturated heterocycles. The Morgan fingerprint density at radius 1 is 1.06 bits per heavy atom. The molecule has 4 rings (SSSR count). The Labute approximate surface area is 202 Å². The average Bonchev–Trinajstić information content (AvgIpc) is 2.81. The second-order valence-corrected chi connectivity index (χ2v) is 9.98. The Kier molecular flexibility index (Phi) is 7.68. The van der Waals surface area contributed by atoms with E-state index in [0.717, 1.165) is 37.9 Å². The molecule has 0 unspecified atom stereocenters. The van der Waals surface area contributed by atoms with E-state index in [1.807, 2.05) is 24.3 Å². The first-order valence-electron chi connectivity index (χ1n) is 12.3. The van der Waals surface area contributed by atoms with E-state index >= 15 is 0 Å². The zero-order valence-corrected chi connectivity index (χ0v) is 20.5. The van der Waals surface area contributed by atoms with Crippen molar-refractivity contribution in [3.05, 3.63) is 76.2 Å². The van der Waals surface area contributed by atoms with Gasteiger partial charge in [-0.2, -0.15) is 0 Å². The van der Waals surface area contributed by atoms with Gasteiger partial charge in [0.05, 0.1) is 5.69 Å². The van der Waals surface area contributed by atoms with Crippen molar-refractivity contribution in [3.8, 4) is 0 Å². The monoisotopic (exact) mass is 460 g/mol. The lowest BCUT2D eigenvalue weighted by atomic mass is 9.96. The van der Waals surface area contributed by atoms with Gasteiger partial charge in [-0.05, 0) is 56.3 Å². The summed E-state index contributed by atoms with van der Waals surface area (Å²) in [5, 5.41) is 7.45. The maximum absolute atomic E-state index is 12.8. The number of nitrogens with one attached hydrogen (secondary N) is 2. The summed E-state index contributed by atoms with van der Waals surface area (Å²) >= 11 is 0. The molecule has 1 aliphatic heterocycles. The molecule has 2 heterocycles. The highest BCUT2D eigenvalue weighted by Crippen LogP contribution is 2.22. The minimum absolute atomic E-state index is 0.0207. The quantitative estimate of drug-likeness (QED) is 0.521. The molecule has 0 aliphatic carbocycles. The Bertz CT molecular complexity index is 1190. The molecule has 2 amide bonds. The van der Waals surface area contributed by atoms with E-state index in [2.05, 4.69) is 60.6 Å². The van der Waals surface area contributed by atoms with Crippen molar-refractivity contribution in [1.29, 1.82) is 0 Å². The van der Waals surface area contributed by atoms with E-state index in [1.54, 1.807) is 10.8 Å². The molecule has 34 heavy (non-hydrogen) atoms. The summed E-state index contributed by atoms with van der Waals surface area (Å²) < 4.78 is 1.70. The van der Waals surface area contributed by atoms with Crippen LogP contribution in [0.2, 0.25) is 0 Å². The van der Waals surface area contributed by atoms with Crippen molar-refractivity contribution in [3.63, 3.8) is 0 Å². The third kappa shape index (κ3) is 6.06. The number of hydrogen-bond acceptors (Lipinski definition) is 3. The summed E-state index contributed by atoms with van der Waals surface area (Å²) in [6.45, 7) is 10.6. The van der Waals surface area contributed by atoms with E-state index < -0.39 is 0 Å². The number of urea groups is 1. The van der Waals surface area contributed by atoms with Crippen molar-refractivity contribution >= 4 is 22.5 Å². The van der Waals surface area contributed by atoms with E-state index in [4.69, 9.17) is 0 Å². The molecule has 0 bridgehead atoms. The van der Waals surface area contributed by atoms with E-state index in [9.17, 15) is 9.59 Å². The van der Waals surface area contributed by atoms with Crippen molar-refractivity contribution in [1.82, 2.24) is 14.8 Å². The Morgan fingerprint density at radius 3 is 2.50 bits per heavy atom. The second kappa shape index (κ2) is 10.9. The van der Waals surface area contributed by atoms with Crippen molar-refractivity contribution < 1.29 is 4.79 Å². The van der Waals surface area contributed by atoms with Crippen LogP contribution in [0.1, 0.15) is 37.8 Å². The number of amides is 2. The molecule has 0 saturated carbocycles. The van der Waals surface area contributed by atoms with Crippen LogP contribution in [0.25, 0.3) is 10.8 Å². The van der Waals surface area contributed by atoms with Gasteiger partial charge in [0, 0.05) is 36.6 Å². The number of aryl methyl sites for hydroxylation is 1. The fourth-order valence-corrected chi connectivity index (χ4v) is 4.79. The molecule has 1 aliphatic rings. The standard InChI is InChI=1S/C28H36N4O2/c1-20(2)17-32-19-26(24-9-4-5-10-25(24)27(32)33)30-28(34)29-16-22-11-13-31(14-12-22)18-23-8-6-7-21(3)15-23/h4-10,15,19-20,22H,11-14,16-18H2,1-3H3,(H2,29,30,34). The third-order valence-corrected chi connectivity index (χ3v) is 6.55. The molecule has 6 heteroatoms. The van der Waals surface area contributed by atoms with Crippen LogP contribution in [0, 0.1) is 18.8 Å². The molecular formula is C28H36N4O2. The molecule has 0 spiro atoms. The molecule has 1 aromatic heterocycles. The first kappa shape index (κ1) is 24.0. The zero-order valence-electron chi connectivity index (χ0n) is 20.5. The Hall–Kier alpha value is -3.12. The van der Waals surface area contributed by atoms with Gasteiger partial charge in [-0.25, -0.2) is 4.79 Å². The summed E-state index contributed by atoms with van der Waals surface area (Å²) in [5.41, 5.74) is 3.31. The fraction of sp³-hybridized carbons (Fsp3) is 0.429. The Balaban J connectivity index is 1.32. The van der Waals surface area contributed by atoms with Crippen molar-refractivity contribution in [2.24, 2.45) is 11.8 Å². The number of rotatable bonds is 7. The van der Waals surface area contributed by atoms with Crippen LogP contribution >= 0.6 is 0 Å². The maximum Gasteiger partial charge on any atom is 0.319 e. The van der Waals surface area contributed by atoms with Crippen LogP contribution in [0.4, 0.5) is 10.5 Å². The van der Waals surface area contributed by atoms with E-state index in [0.29, 0.717) is 36.0 Å².